The average molecular weight is 463 g/mol. The summed E-state index contributed by atoms with van der Waals surface area (Å²) in [6.45, 7) is 1.82. The molecule has 1 aliphatic rings. The van der Waals surface area contributed by atoms with E-state index in [-0.39, 0.29) is 39.8 Å². The van der Waals surface area contributed by atoms with Crippen LogP contribution in [0.1, 0.15) is 43.6 Å². The molecule has 8 heteroatoms. The van der Waals surface area contributed by atoms with Gasteiger partial charge in [-0.05, 0) is 54.4 Å². The number of carbonyl (C=O) groups excluding carboxylic acids is 3. The highest BCUT2D eigenvalue weighted by atomic mass is 32.2. The molecule has 0 bridgehead atoms. The third kappa shape index (κ3) is 4.56. The molecule has 0 radical (unpaired) electrons. The normalized spacial score (nSPS) is 13.2. The fourth-order valence-electron chi connectivity index (χ4n) is 3.64. The van der Waals surface area contributed by atoms with E-state index in [1.807, 2.05) is 30.3 Å². The van der Waals surface area contributed by atoms with E-state index in [0.29, 0.717) is 12.1 Å². The van der Waals surface area contributed by atoms with E-state index >= 15 is 0 Å². The van der Waals surface area contributed by atoms with Crippen LogP contribution in [0.5, 0.6) is 0 Å². The van der Waals surface area contributed by atoms with Crippen molar-refractivity contribution in [2.24, 2.45) is 0 Å². The Morgan fingerprint density at radius 2 is 1.55 bits per heavy atom. The number of sulfone groups is 1. The Morgan fingerprint density at radius 3 is 2.21 bits per heavy atom. The number of carbonyl (C=O) groups is 3. The molecule has 7 nitrogen and oxygen atoms in total. The van der Waals surface area contributed by atoms with E-state index in [9.17, 15) is 22.8 Å². The third-order valence-electron chi connectivity index (χ3n) is 5.55. The zero-order valence-corrected chi connectivity index (χ0v) is 18.8. The van der Waals surface area contributed by atoms with Crippen molar-refractivity contribution in [3.63, 3.8) is 0 Å². The molecule has 0 saturated heterocycles. The first-order valence-corrected chi connectivity index (χ1v) is 12.1. The van der Waals surface area contributed by atoms with Gasteiger partial charge in [-0.2, -0.15) is 0 Å². The molecule has 3 amide bonds. The Balaban J connectivity index is 1.47. The van der Waals surface area contributed by atoms with Crippen molar-refractivity contribution in [3.8, 4) is 0 Å². The third-order valence-corrected chi connectivity index (χ3v) is 7.30. The average Bonchev–Trinajstić information content (AvgIpc) is 3.07. The van der Waals surface area contributed by atoms with Gasteiger partial charge in [0.1, 0.15) is 0 Å². The SMILES string of the molecule is CCS(=O)(=O)c1ccc(NC(=O)c2ccc3c(c2)C(=O)N(CCc2ccccc2)C3=O)cc1. The minimum absolute atomic E-state index is 0.0110. The number of nitrogens with one attached hydrogen (secondary N) is 1. The van der Waals surface area contributed by atoms with Gasteiger partial charge in [0.15, 0.2) is 9.84 Å². The lowest BCUT2D eigenvalue weighted by molar-refractivity contribution is 0.0656. The van der Waals surface area contributed by atoms with E-state index in [1.165, 1.54) is 47.4 Å². The van der Waals surface area contributed by atoms with Crippen molar-refractivity contribution in [3.05, 3.63) is 95.1 Å². The monoisotopic (exact) mass is 462 g/mol. The molecule has 3 aromatic rings. The fourth-order valence-corrected chi connectivity index (χ4v) is 4.52. The number of hydrogen-bond donors (Lipinski definition) is 1. The first-order chi connectivity index (χ1) is 15.8. The van der Waals surface area contributed by atoms with Crippen LogP contribution in [0.3, 0.4) is 0 Å². The topological polar surface area (TPSA) is 101 Å². The zero-order valence-electron chi connectivity index (χ0n) is 17.9. The maximum Gasteiger partial charge on any atom is 0.261 e. The Kier molecular flexibility index (Phi) is 6.11. The van der Waals surface area contributed by atoms with Crippen LogP contribution in [-0.4, -0.2) is 43.3 Å². The van der Waals surface area contributed by atoms with Crippen molar-refractivity contribution in [2.45, 2.75) is 18.2 Å². The van der Waals surface area contributed by atoms with Crippen molar-refractivity contribution in [1.82, 2.24) is 4.90 Å². The van der Waals surface area contributed by atoms with Crippen molar-refractivity contribution < 1.29 is 22.8 Å². The second kappa shape index (κ2) is 8.99. The predicted molar refractivity (Wildman–Crippen MR) is 124 cm³/mol. The summed E-state index contributed by atoms with van der Waals surface area (Å²) in [4.78, 5) is 39.6. The number of amides is 3. The van der Waals surface area contributed by atoms with E-state index < -0.39 is 21.7 Å². The number of rotatable bonds is 7. The molecule has 0 aliphatic carbocycles. The molecule has 0 aromatic heterocycles. The first-order valence-electron chi connectivity index (χ1n) is 10.5. The summed E-state index contributed by atoms with van der Waals surface area (Å²) < 4.78 is 23.8. The van der Waals surface area contributed by atoms with Gasteiger partial charge in [0.2, 0.25) is 0 Å². The molecule has 0 atom stereocenters. The Labute approximate surface area is 192 Å². The molecule has 4 rings (SSSR count). The van der Waals surface area contributed by atoms with Gasteiger partial charge < -0.3 is 5.32 Å². The van der Waals surface area contributed by atoms with Crippen LogP contribution < -0.4 is 5.32 Å². The van der Waals surface area contributed by atoms with Crippen LogP contribution in [0, 0.1) is 0 Å². The summed E-state index contributed by atoms with van der Waals surface area (Å²) in [7, 11) is -3.33. The molecule has 0 spiro atoms. The number of hydrogen-bond acceptors (Lipinski definition) is 5. The molecule has 1 N–H and O–H groups in total. The van der Waals surface area contributed by atoms with Gasteiger partial charge in [0.05, 0.1) is 21.8 Å². The molecule has 0 saturated carbocycles. The zero-order chi connectivity index (χ0) is 23.6. The summed E-state index contributed by atoms with van der Waals surface area (Å²) >= 11 is 0. The second-order valence-corrected chi connectivity index (χ2v) is 9.92. The highest BCUT2D eigenvalue weighted by Crippen LogP contribution is 2.25. The van der Waals surface area contributed by atoms with Crippen LogP contribution >= 0.6 is 0 Å². The maximum absolute atomic E-state index is 12.8. The van der Waals surface area contributed by atoms with Gasteiger partial charge in [-0.25, -0.2) is 8.42 Å². The van der Waals surface area contributed by atoms with Crippen molar-refractivity contribution >= 4 is 33.2 Å². The van der Waals surface area contributed by atoms with Crippen LogP contribution in [0.4, 0.5) is 5.69 Å². The standard InChI is InChI=1S/C25H22N2O5S/c1-2-33(31,32)20-11-9-19(10-12-20)26-23(28)18-8-13-21-22(16-18)25(30)27(24(21)29)15-14-17-6-4-3-5-7-17/h3-13,16H,2,14-15H2,1H3,(H,26,28). The molecule has 1 heterocycles. The lowest BCUT2D eigenvalue weighted by atomic mass is 10.1. The Hall–Kier alpha value is -3.78. The van der Waals surface area contributed by atoms with Gasteiger partial charge in [0, 0.05) is 17.8 Å². The quantitative estimate of drug-likeness (QED) is 0.541. The summed E-state index contributed by atoms with van der Waals surface area (Å²) in [5.74, 6) is -1.27. The van der Waals surface area contributed by atoms with E-state index in [1.54, 1.807) is 6.92 Å². The molecule has 0 fully saturated rings. The van der Waals surface area contributed by atoms with Gasteiger partial charge in [0.25, 0.3) is 17.7 Å². The minimum Gasteiger partial charge on any atom is -0.322 e. The Bertz CT molecular complexity index is 1330. The van der Waals surface area contributed by atoms with Gasteiger partial charge in [-0.15, -0.1) is 0 Å². The number of imide groups is 1. The number of nitrogens with zero attached hydrogens (tertiary/aromatic N) is 1. The highest BCUT2D eigenvalue weighted by Gasteiger charge is 2.35. The van der Waals surface area contributed by atoms with Crippen LogP contribution in [-0.2, 0) is 16.3 Å². The van der Waals surface area contributed by atoms with E-state index in [2.05, 4.69) is 5.32 Å². The first kappa shape index (κ1) is 22.4. The smallest absolute Gasteiger partial charge is 0.261 e. The molecule has 3 aromatic carbocycles. The van der Waals surface area contributed by atoms with Gasteiger partial charge in [-0.1, -0.05) is 37.3 Å². The second-order valence-electron chi connectivity index (χ2n) is 7.64. The highest BCUT2D eigenvalue weighted by molar-refractivity contribution is 7.91. The largest absolute Gasteiger partial charge is 0.322 e. The molecule has 33 heavy (non-hydrogen) atoms. The Morgan fingerprint density at radius 1 is 0.879 bits per heavy atom. The van der Waals surface area contributed by atoms with Crippen molar-refractivity contribution in [2.75, 3.05) is 17.6 Å². The van der Waals surface area contributed by atoms with Gasteiger partial charge in [-0.3, -0.25) is 19.3 Å². The fraction of sp³-hybridized carbons (Fsp3) is 0.160. The number of anilines is 1. The minimum atomic E-state index is -3.33. The molecule has 168 valence electrons. The van der Waals surface area contributed by atoms with Crippen LogP contribution in [0.15, 0.2) is 77.7 Å². The molecular weight excluding hydrogens is 440 g/mol. The summed E-state index contributed by atoms with van der Waals surface area (Å²) in [5.41, 5.74) is 2.14. The van der Waals surface area contributed by atoms with Crippen LogP contribution in [0.2, 0.25) is 0 Å². The number of benzene rings is 3. The molecular formula is C25H22N2O5S. The summed E-state index contributed by atoms with van der Waals surface area (Å²) in [6, 6.07) is 19.9. The molecule has 0 unspecified atom stereocenters. The molecule has 1 aliphatic heterocycles. The van der Waals surface area contributed by atoms with Crippen molar-refractivity contribution in [1.29, 1.82) is 0 Å². The summed E-state index contributed by atoms with van der Waals surface area (Å²) in [6.07, 6.45) is 0.545. The lowest BCUT2D eigenvalue weighted by Crippen LogP contribution is -2.31. The lowest BCUT2D eigenvalue weighted by Gasteiger charge is -2.13. The number of fused-ring (bicyclic) bond motifs is 1. The van der Waals surface area contributed by atoms with Crippen LogP contribution in [0.25, 0.3) is 0 Å². The van der Waals surface area contributed by atoms with E-state index in [0.717, 1.165) is 5.56 Å². The maximum atomic E-state index is 12.8. The predicted octanol–water partition coefficient (Wildman–Crippen LogP) is 3.57. The van der Waals surface area contributed by atoms with E-state index in [4.69, 9.17) is 0 Å². The van der Waals surface area contributed by atoms with Gasteiger partial charge >= 0.3 is 0 Å². The summed E-state index contributed by atoms with van der Waals surface area (Å²) in [5, 5.41) is 2.69.